The quantitative estimate of drug-likeness (QED) is 0.715. The highest BCUT2D eigenvalue weighted by atomic mass is 19.4. The average Bonchev–Trinajstić information content (AvgIpc) is 3.31. The molecule has 1 spiro atoms. The minimum atomic E-state index is -4.67. The van der Waals surface area contributed by atoms with Crippen LogP contribution in [0.4, 0.5) is 19.2 Å². The van der Waals surface area contributed by atoms with Gasteiger partial charge in [0.25, 0.3) is 11.4 Å². The van der Waals surface area contributed by atoms with Crippen LogP contribution in [0.25, 0.3) is 11.5 Å². The maximum absolute atomic E-state index is 13.0. The average molecular weight is 439 g/mol. The second-order valence-corrected chi connectivity index (χ2v) is 8.34. The minimum Gasteiger partial charge on any atom is -0.403 e. The highest BCUT2D eigenvalue weighted by Gasteiger charge is 2.45. The second-order valence-electron chi connectivity index (χ2n) is 8.34. The first kappa shape index (κ1) is 21.4. The zero-order valence-electron chi connectivity index (χ0n) is 17.1. The number of carbonyl (C=O) groups excluding carboxylic acids is 1. The Hall–Kier alpha value is -2.85. The van der Waals surface area contributed by atoms with Crippen molar-refractivity contribution in [3.05, 3.63) is 28.2 Å². The highest BCUT2D eigenvalue weighted by molar-refractivity contribution is 5.84. The van der Waals surface area contributed by atoms with E-state index in [1.165, 1.54) is 12.8 Å². The summed E-state index contributed by atoms with van der Waals surface area (Å²) in [6, 6.07) is 1.10. The number of halogens is 3. The number of hydrogen-bond donors (Lipinski definition) is 2. The lowest BCUT2D eigenvalue weighted by atomic mass is 9.93. The van der Waals surface area contributed by atoms with E-state index in [1.807, 2.05) is 11.8 Å². The molecule has 1 atom stereocenters. The summed E-state index contributed by atoms with van der Waals surface area (Å²) in [5.41, 5.74) is -1.88. The number of nitrogens with one attached hydrogen (secondary N) is 2. The van der Waals surface area contributed by atoms with Gasteiger partial charge in [0.1, 0.15) is 17.3 Å². The van der Waals surface area contributed by atoms with Crippen LogP contribution in [0.3, 0.4) is 0 Å². The Bertz CT molecular complexity index is 1000. The van der Waals surface area contributed by atoms with Gasteiger partial charge in [-0.1, -0.05) is 18.4 Å². The fraction of sp³-hybridized carbons (Fsp3) is 0.600. The molecule has 2 aliphatic rings. The van der Waals surface area contributed by atoms with Crippen molar-refractivity contribution in [1.82, 2.24) is 20.1 Å². The summed E-state index contributed by atoms with van der Waals surface area (Å²) in [5.74, 6) is -0.265. The summed E-state index contributed by atoms with van der Waals surface area (Å²) < 4.78 is 43.6. The van der Waals surface area contributed by atoms with Gasteiger partial charge < -0.3 is 19.6 Å². The van der Waals surface area contributed by atoms with Gasteiger partial charge in [-0.2, -0.15) is 13.2 Å². The summed E-state index contributed by atoms with van der Waals surface area (Å²) >= 11 is 0. The fourth-order valence-corrected chi connectivity index (χ4v) is 3.99. The molecule has 0 bridgehead atoms. The summed E-state index contributed by atoms with van der Waals surface area (Å²) in [6.07, 6.45) is 1.19. The number of pyridine rings is 1. The van der Waals surface area contributed by atoms with Crippen LogP contribution in [-0.4, -0.2) is 45.1 Å². The van der Waals surface area contributed by atoms with Gasteiger partial charge in [0.05, 0.1) is 0 Å². The number of H-pyrrole nitrogens is 1. The van der Waals surface area contributed by atoms with E-state index < -0.39 is 23.5 Å². The molecular formula is C20H24F3N5O3. The molecule has 1 aliphatic heterocycles. The lowest BCUT2D eigenvalue weighted by molar-refractivity contribution is -0.141. The molecule has 2 aromatic rings. The van der Waals surface area contributed by atoms with Crippen molar-refractivity contribution in [3.63, 3.8) is 0 Å². The molecule has 31 heavy (non-hydrogen) atoms. The third-order valence-electron chi connectivity index (χ3n) is 6.14. The number of rotatable bonds is 6. The molecule has 0 radical (unpaired) electrons. The SMILES string of the molecule is CCCC(Nc1nnc(-c2ccc(C(F)(F)F)[nH]c2=O)o1)C(=O)N1CCC2(CC1)CC2. The number of alkyl halides is 3. The van der Waals surface area contributed by atoms with Crippen LogP contribution in [0.1, 0.15) is 51.1 Å². The highest BCUT2D eigenvalue weighted by Crippen LogP contribution is 2.53. The third-order valence-corrected chi connectivity index (χ3v) is 6.14. The molecule has 2 fully saturated rings. The van der Waals surface area contributed by atoms with Crippen LogP contribution < -0.4 is 10.9 Å². The lowest BCUT2D eigenvalue weighted by Gasteiger charge is -2.34. The van der Waals surface area contributed by atoms with E-state index in [4.69, 9.17) is 4.42 Å². The van der Waals surface area contributed by atoms with Gasteiger partial charge in [-0.05, 0) is 49.7 Å². The number of anilines is 1. The van der Waals surface area contributed by atoms with Crippen molar-refractivity contribution < 1.29 is 22.4 Å². The van der Waals surface area contributed by atoms with Gasteiger partial charge in [-0.25, -0.2) is 0 Å². The molecular weight excluding hydrogens is 415 g/mol. The molecule has 1 aliphatic carbocycles. The van der Waals surface area contributed by atoms with E-state index in [2.05, 4.69) is 15.5 Å². The Balaban J connectivity index is 1.46. The molecule has 3 heterocycles. The van der Waals surface area contributed by atoms with Crippen LogP contribution in [0.5, 0.6) is 0 Å². The number of hydrogen-bond acceptors (Lipinski definition) is 6. The van der Waals surface area contributed by atoms with E-state index in [-0.39, 0.29) is 23.4 Å². The van der Waals surface area contributed by atoms with Crippen LogP contribution >= 0.6 is 0 Å². The van der Waals surface area contributed by atoms with Crippen molar-refractivity contribution in [2.24, 2.45) is 5.41 Å². The third kappa shape index (κ3) is 4.59. The maximum atomic E-state index is 13.0. The number of aromatic nitrogens is 3. The first-order chi connectivity index (χ1) is 14.7. The van der Waals surface area contributed by atoms with Gasteiger partial charge in [-0.3, -0.25) is 9.59 Å². The van der Waals surface area contributed by atoms with E-state index in [1.54, 1.807) is 4.98 Å². The predicted octanol–water partition coefficient (Wildman–Crippen LogP) is 3.43. The largest absolute Gasteiger partial charge is 0.431 e. The number of piperidine rings is 1. The van der Waals surface area contributed by atoms with Crippen molar-refractivity contribution >= 4 is 11.9 Å². The zero-order valence-corrected chi connectivity index (χ0v) is 17.1. The molecule has 168 valence electrons. The van der Waals surface area contributed by atoms with Gasteiger partial charge in [0, 0.05) is 13.1 Å². The van der Waals surface area contributed by atoms with Gasteiger partial charge in [0.2, 0.25) is 5.91 Å². The summed E-state index contributed by atoms with van der Waals surface area (Å²) in [5, 5.41) is 10.5. The molecule has 1 saturated carbocycles. The molecule has 11 heteroatoms. The molecule has 2 N–H and O–H groups in total. The number of nitrogens with zero attached hydrogens (tertiary/aromatic N) is 3. The van der Waals surface area contributed by atoms with Gasteiger partial charge >= 0.3 is 12.2 Å². The standard InChI is InChI=1S/C20H24F3N5O3/c1-2-3-13(17(30)28-10-8-19(6-7-19)9-11-28)24-18-27-26-16(31-18)12-4-5-14(20(21,22)23)25-15(12)29/h4-5,13H,2-3,6-11H2,1H3,(H,24,27)(H,25,29). The molecule has 0 aromatic carbocycles. The monoisotopic (exact) mass is 439 g/mol. The first-order valence-electron chi connectivity index (χ1n) is 10.4. The van der Waals surface area contributed by atoms with Crippen molar-refractivity contribution in [1.29, 1.82) is 0 Å². The van der Waals surface area contributed by atoms with Gasteiger partial charge in [0.15, 0.2) is 0 Å². The Morgan fingerprint density at radius 2 is 1.97 bits per heavy atom. The summed E-state index contributed by atoms with van der Waals surface area (Å²) in [7, 11) is 0. The lowest BCUT2D eigenvalue weighted by Crippen LogP contribution is -2.46. The number of amides is 1. The topological polar surface area (TPSA) is 104 Å². The van der Waals surface area contributed by atoms with Crippen LogP contribution in [0.15, 0.2) is 21.3 Å². The van der Waals surface area contributed by atoms with Crippen molar-refractivity contribution in [2.75, 3.05) is 18.4 Å². The normalized spacial score (nSPS) is 18.8. The minimum absolute atomic E-state index is 0.0375. The summed E-state index contributed by atoms with van der Waals surface area (Å²) in [4.78, 5) is 28.7. The molecule has 1 saturated heterocycles. The smallest absolute Gasteiger partial charge is 0.403 e. The van der Waals surface area contributed by atoms with Crippen molar-refractivity contribution in [3.8, 4) is 11.5 Å². The summed E-state index contributed by atoms with van der Waals surface area (Å²) in [6.45, 7) is 3.42. The van der Waals surface area contributed by atoms with Crippen LogP contribution in [0, 0.1) is 5.41 Å². The second kappa shape index (κ2) is 8.01. The van der Waals surface area contributed by atoms with E-state index in [0.29, 0.717) is 11.8 Å². The van der Waals surface area contributed by atoms with E-state index in [9.17, 15) is 22.8 Å². The van der Waals surface area contributed by atoms with E-state index >= 15 is 0 Å². The fourth-order valence-electron chi connectivity index (χ4n) is 3.99. The number of carbonyl (C=O) groups is 1. The molecule has 1 unspecified atom stereocenters. The molecule has 1 amide bonds. The van der Waals surface area contributed by atoms with Crippen LogP contribution in [-0.2, 0) is 11.0 Å². The maximum Gasteiger partial charge on any atom is 0.431 e. The predicted molar refractivity (Wildman–Crippen MR) is 105 cm³/mol. The molecule has 8 nitrogen and oxygen atoms in total. The Kier molecular flexibility index (Phi) is 5.52. The zero-order chi connectivity index (χ0) is 22.2. The van der Waals surface area contributed by atoms with Crippen molar-refractivity contribution in [2.45, 2.75) is 57.7 Å². The number of likely N-dealkylation sites (tertiary alicyclic amines) is 1. The van der Waals surface area contributed by atoms with E-state index in [0.717, 1.165) is 44.5 Å². The molecule has 2 aromatic heterocycles. The Morgan fingerprint density at radius 3 is 2.55 bits per heavy atom. The van der Waals surface area contributed by atoms with Gasteiger partial charge in [-0.15, -0.1) is 5.10 Å². The number of aromatic amines is 1. The molecule has 4 rings (SSSR count). The first-order valence-corrected chi connectivity index (χ1v) is 10.4. The Labute approximate surface area is 176 Å². The Morgan fingerprint density at radius 1 is 1.26 bits per heavy atom. The van der Waals surface area contributed by atoms with Crippen LogP contribution in [0.2, 0.25) is 0 Å².